The maximum atomic E-state index is 13.6. The molecule has 24 heavy (non-hydrogen) atoms. The van der Waals surface area contributed by atoms with Crippen LogP contribution in [0.25, 0.3) is 0 Å². The number of nitrogens with zero attached hydrogens (tertiary/aromatic N) is 2. The van der Waals surface area contributed by atoms with Gasteiger partial charge >= 0.3 is 0 Å². The van der Waals surface area contributed by atoms with Crippen molar-refractivity contribution in [1.82, 2.24) is 15.1 Å². The van der Waals surface area contributed by atoms with Crippen molar-refractivity contribution in [2.24, 2.45) is 0 Å². The molecule has 1 unspecified atom stereocenters. The van der Waals surface area contributed by atoms with Crippen LogP contribution in [0.15, 0.2) is 24.4 Å². The molecule has 0 fully saturated rings. The number of aryl methyl sites for hydroxylation is 1. The molecule has 1 atom stereocenters. The number of amides is 1. The SMILES string of the molecule is CCn1cc(C(=O)NCC(O)c2c(F)cccc2F)c(C(C)C)n1. The highest BCUT2D eigenvalue weighted by Gasteiger charge is 2.21. The van der Waals surface area contributed by atoms with Crippen LogP contribution in [0.4, 0.5) is 8.78 Å². The predicted molar refractivity (Wildman–Crippen MR) is 85.6 cm³/mol. The molecule has 7 heteroatoms. The Kier molecular flexibility index (Phi) is 5.66. The maximum absolute atomic E-state index is 13.6. The standard InChI is InChI=1S/C17H21F2N3O2/c1-4-22-9-11(16(21-22)10(2)3)17(24)20-8-14(23)15-12(18)6-5-7-13(15)19/h5-7,9-10,14,23H,4,8H2,1-3H3,(H,20,24). The summed E-state index contributed by atoms with van der Waals surface area (Å²) < 4.78 is 28.9. The molecule has 0 radical (unpaired) electrons. The van der Waals surface area contributed by atoms with Gasteiger partial charge in [-0.05, 0) is 25.0 Å². The van der Waals surface area contributed by atoms with E-state index in [1.807, 2.05) is 20.8 Å². The van der Waals surface area contributed by atoms with Crippen molar-refractivity contribution in [3.63, 3.8) is 0 Å². The molecule has 0 saturated carbocycles. The molecule has 130 valence electrons. The fourth-order valence-electron chi connectivity index (χ4n) is 2.42. The van der Waals surface area contributed by atoms with Gasteiger partial charge in [0.1, 0.15) is 17.7 Å². The normalized spacial score (nSPS) is 12.5. The third kappa shape index (κ3) is 3.79. The molecule has 2 rings (SSSR count). The number of benzene rings is 1. The maximum Gasteiger partial charge on any atom is 0.254 e. The largest absolute Gasteiger partial charge is 0.386 e. The highest BCUT2D eigenvalue weighted by Crippen LogP contribution is 2.21. The number of aliphatic hydroxyl groups is 1. The number of rotatable bonds is 6. The minimum atomic E-state index is -1.47. The predicted octanol–water partition coefficient (Wildman–Crippen LogP) is 2.77. The van der Waals surface area contributed by atoms with E-state index in [0.717, 1.165) is 12.1 Å². The summed E-state index contributed by atoms with van der Waals surface area (Å²) in [6.45, 7) is 6.07. The van der Waals surface area contributed by atoms with Crippen LogP contribution in [0, 0.1) is 11.6 Å². The first-order valence-electron chi connectivity index (χ1n) is 7.82. The number of halogens is 2. The number of hydrogen-bond donors (Lipinski definition) is 2. The van der Waals surface area contributed by atoms with Gasteiger partial charge in [-0.15, -0.1) is 0 Å². The first-order chi connectivity index (χ1) is 11.3. The van der Waals surface area contributed by atoms with Crippen LogP contribution in [0.5, 0.6) is 0 Å². The van der Waals surface area contributed by atoms with E-state index >= 15 is 0 Å². The van der Waals surface area contributed by atoms with Gasteiger partial charge in [0.05, 0.1) is 16.8 Å². The van der Waals surface area contributed by atoms with Gasteiger partial charge in [-0.3, -0.25) is 9.48 Å². The number of aromatic nitrogens is 2. The Morgan fingerprint density at radius 1 is 1.33 bits per heavy atom. The zero-order valence-corrected chi connectivity index (χ0v) is 13.9. The Morgan fingerprint density at radius 3 is 2.50 bits per heavy atom. The van der Waals surface area contributed by atoms with Gasteiger partial charge in [0.2, 0.25) is 0 Å². The second kappa shape index (κ2) is 7.53. The summed E-state index contributed by atoms with van der Waals surface area (Å²) in [4.78, 5) is 12.3. The van der Waals surface area contributed by atoms with Gasteiger partial charge in [0.25, 0.3) is 5.91 Å². The highest BCUT2D eigenvalue weighted by atomic mass is 19.1. The number of hydrogen-bond acceptors (Lipinski definition) is 3. The van der Waals surface area contributed by atoms with Gasteiger partial charge in [0.15, 0.2) is 0 Å². The smallest absolute Gasteiger partial charge is 0.254 e. The van der Waals surface area contributed by atoms with Crippen molar-refractivity contribution in [2.75, 3.05) is 6.54 Å². The molecule has 0 spiro atoms. The average Bonchev–Trinajstić information content (AvgIpc) is 2.97. The summed E-state index contributed by atoms with van der Waals surface area (Å²) in [6.07, 6.45) is 0.152. The lowest BCUT2D eigenvalue weighted by molar-refractivity contribution is 0.0910. The van der Waals surface area contributed by atoms with Crippen molar-refractivity contribution < 1.29 is 18.7 Å². The number of nitrogens with one attached hydrogen (secondary N) is 1. The third-order valence-electron chi connectivity index (χ3n) is 3.69. The molecule has 1 aromatic carbocycles. The van der Waals surface area contributed by atoms with Gasteiger partial charge in [-0.25, -0.2) is 8.78 Å². The highest BCUT2D eigenvalue weighted by molar-refractivity contribution is 5.95. The molecule has 2 N–H and O–H groups in total. The van der Waals surface area contributed by atoms with Gasteiger partial charge in [-0.2, -0.15) is 5.10 Å². The Labute approximate surface area is 139 Å². The molecule has 0 saturated heterocycles. The Hall–Kier alpha value is -2.28. The van der Waals surface area contributed by atoms with Crippen molar-refractivity contribution in [3.05, 3.63) is 52.9 Å². The molecular formula is C17H21F2N3O2. The van der Waals surface area contributed by atoms with Crippen molar-refractivity contribution >= 4 is 5.91 Å². The summed E-state index contributed by atoms with van der Waals surface area (Å²) in [6, 6.07) is 3.34. The van der Waals surface area contributed by atoms with Crippen molar-refractivity contribution in [1.29, 1.82) is 0 Å². The van der Waals surface area contributed by atoms with Gasteiger partial charge < -0.3 is 10.4 Å². The van der Waals surface area contributed by atoms with E-state index in [2.05, 4.69) is 10.4 Å². The summed E-state index contributed by atoms with van der Waals surface area (Å²) in [5.74, 6) is -2.08. The van der Waals surface area contributed by atoms with E-state index in [1.54, 1.807) is 10.9 Å². The summed E-state index contributed by atoms with van der Waals surface area (Å²) >= 11 is 0. The molecule has 1 aromatic heterocycles. The molecule has 0 aliphatic heterocycles. The fourth-order valence-corrected chi connectivity index (χ4v) is 2.42. The number of carbonyl (C=O) groups is 1. The van der Waals surface area contributed by atoms with E-state index in [4.69, 9.17) is 0 Å². The van der Waals surface area contributed by atoms with E-state index in [1.165, 1.54) is 6.07 Å². The third-order valence-corrected chi connectivity index (χ3v) is 3.69. The Bertz CT molecular complexity index is 708. The zero-order valence-electron chi connectivity index (χ0n) is 13.9. The van der Waals surface area contributed by atoms with E-state index in [9.17, 15) is 18.7 Å². The van der Waals surface area contributed by atoms with Crippen LogP contribution in [-0.2, 0) is 6.54 Å². The average molecular weight is 337 g/mol. The number of carbonyl (C=O) groups excluding carboxylic acids is 1. The van der Waals surface area contributed by atoms with E-state index < -0.39 is 29.2 Å². The molecule has 0 bridgehead atoms. The second-order valence-corrected chi connectivity index (χ2v) is 5.80. The second-order valence-electron chi connectivity index (χ2n) is 5.80. The van der Waals surface area contributed by atoms with Crippen LogP contribution in [0.1, 0.15) is 54.4 Å². The summed E-state index contributed by atoms with van der Waals surface area (Å²) in [5.41, 5.74) is 0.583. The zero-order chi connectivity index (χ0) is 17.9. The number of aliphatic hydroxyl groups excluding tert-OH is 1. The molecule has 2 aromatic rings. The van der Waals surface area contributed by atoms with Crippen LogP contribution < -0.4 is 5.32 Å². The lowest BCUT2D eigenvalue weighted by atomic mass is 10.1. The van der Waals surface area contributed by atoms with E-state index in [-0.39, 0.29) is 12.5 Å². The van der Waals surface area contributed by atoms with Gasteiger partial charge in [-0.1, -0.05) is 19.9 Å². The molecule has 5 nitrogen and oxygen atoms in total. The topological polar surface area (TPSA) is 67.2 Å². The molecule has 0 aliphatic rings. The molecule has 1 amide bonds. The minimum absolute atomic E-state index is 0.0486. The Balaban J connectivity index is 2.12. The first-order valence-corrected chi connectivity index (χ1v) is 7.82. The van der Waals surface area contributed by atoms with E-state index in [0.29, 0.717) is 17.8 Å². The van der Waals surface area contributed by atoms with Crippen molar-refractivity contribution in [2.45, 2.75) is 39.3 Å². The molecule has 1 heterocycles. The van der Waals surface area contributed by atoms with Crippen LogP contribution in [0.3, 0.4) is 0 Å². The molecule has 0 aliphatic carbocycles. The first kappa shape index (κ1) is 18.1. The molecular weight excluding hydrogens is 316 g/mol. The summed E-state index contributed by atoms with van der Waals surface area (Å²) in [7, 11) is 0. The minimum Gasteiger partial charge on any atom is -0.386 e. The monoisotopic (exact) mass is 337 g/mol. The Morgan fingerprint density at radius 2 is 1.96 bits per heavy atom. The summed E-state index contributed by atoms with van der Waals surface area (Å²) in [5, 5.41) is 16.8. The van der Waals surface area contributed by atoms with Crippen LogP contribution in [-0.4, -0.2) is 27.3 Å². The quantitative estimate of drug-likeness (QED) is 0.852. The fraction of sp³-hybridized carbons (Fsp3) is 0.412. The lowest BCUT2D eigenvalue weighted by Gasteiger charge is -2.14. The van der Waals surface area contributed by atoms with Crippen LogP contribution in [0.2, 0.25) is 0 Å². The van der Waals surface area contributed by atoms with Crippen molar-refractivity contribution in [3.8, 4) is 0 Å². The van der Waals surface area contributed by atoms with Gasteiger partial charge in [0, 0.05) is 19.3 Å². The van der Waals surface area contributed by atoms with Crippen LogP contribution >= 0.6 is 0 Å². The lowest BCUT2D eigenvalue weighted by Crippen LogP contribution is -2.29.